The second kappa shape index (κ2) is 1.42. The SMILES string of the molecule is [C]1=NC=C[AsH]1. The van der Waals surface area contributed by atoms with Crippen LogP contribution in [-0.4, -0.2) is 20.8 Å². The van der Waals surface area contributed by atoms with Crippen LogP contribution in [0, 0.1) is 0 Å². The van der Waals surface area contributed by atoms with E-state index >= 15 is 0 Å². The molecule has 1 rings (SSSR count). The Morgan fingerprint density at radius 2 is 2.80 bits per heavy atom. The van der Waals surface area contributed by atoms with Crippen LogP contribution >= 0.6 is 0 Å². The summed E-state index contributed by atoms with van der Waals surface area (Å²) in [5, 5.41) is 2.86. The number of aliphatic imine (C=N–C) groups is 1. The summed E-state index contributed by atoms with van der Waals surface area (Å²) < 4.78 is 0. The molecule has 0 N–H and O–H groups in total. The molecule has 1 atom stereocenters. The molecule has 0 saturated carbocycles. The Balaban J connectivity index is 2.61. The molecule has 0 aliphatic carbocycles. The summed E-state index contributed by atoms with van der Waals surface area (Å²) in [5.74, 6) is 0. The van der Waals surface area contributed by atoms with E-state index in [1.807, 2.05) is 0 Å². The molecule has 0 aromatic rings. The van der Waals surface area contributed by atoms with Gasteiger partial charge < -0.3 is 0 Å². The van der Waals surface area contributed by atoms with Crippen molar-refractivity contribution in [3.8, 4) is 0 Å². The molecular weight excluding hydrogens is 125 g/mol. The van der Waals surface area contributed by atoms with Crippen LogP contribution in [-0.2, 0) is 0 Å². The molecule has 0 bridgehead atoms. The molecule has 1 aliphatic heterocycles. The molecule has 1 aliphatic rings. The van der Waals surface area contributed by atoms with Gasteiger partial charge in [-0.15, -0.1) is 0 Å². The number of hydrogen-bond acceptors (Lipinski definition) is 1. The van der Waals surface area contributed by atoms with Crippen LogP contribution in [0.5, 0.6) is 0 Å². The molecule has 2 heteroatoms. The minimum atomic E-state index is 0.0417. The third-order valence-corrected chi connectivity index (χ3v) is 1.57. The van der Waals surface area contributed by atoms with Crippen molar-refractivity contribution in [3.63, 3.8) is 0 Å². The number of rotatable bonds is 0. The van der Waals surface area contributed by atoms with Crippen molar-refractivity contribution in [1.82, 2.24) is 0 Å². The molecule has 1 heterocycles. The first-order chi connectivity index (χ1) is 2.50. The van der Waals surface area contributed by atoms with Gasteiger partial charge in [-0.3, -0.25) is 0 Å². The Labute approximate surface area is 37.5 Å². The van der Waals surface area contributed by atoms with E-state index in [1.165, 1.54) is 0 Å². The zero-order chi connectivity index (χ0) is 3.54. The van der Waals surface area contributed by atoms with E-state index in [0.717, 1.165) is 0 Å². The van der Waals surface area contributed by atoms with Gasteiger partial charge in [0, 0.05) is 0 Å². The van der Waals surface area contributed by atoms with Crippen LogP contribution in [0.2, 0.25) is 0 Å². The Hall–Kier alpha value is -0.0316. The molecular formula is C3H3AsN. The Morgan fingerprint density at radius 3 is 3.00 bits per heavy atom. The minimum absolute atomic E-state index is 0.0417. The quantitative estimate of drug-likeness (QED) is 0.401. The van der Waals surface area contributed by atoms with Gasteiger partial charge in [-0.25, -0.2) is 0 Å². The molecule has 5 heavy (non-hydrogen) atoms. The number of hydrogen-bond donors (Lipinski definition) is 0. The monoisotopic (exact) mass is 128 g/mol. The third-order valence-electron chi connectivity index (χ3n) is 0.362. The van der Waals surface area contributed by atoms with E-state index in [9.17, 15) is 0 Å². The third kappa shape index (κ3) is 0.623. The molecule has 0 spiro atoms. The average molecular weight is 128 g/mol. The number of nitrogens with zero attached hydrogens (tertiary/aromatic N) is 1. The van der Waals surface area contributed by atoms with E-state index in [-0.39, 0.29) is 15.8 Å². The maximum absolute atomic E-state index is 3.71. The van der Waals surface area contributed by atoms with Crippen LogP contribution in [0.3, 0.4) is 0 Å². The molecule has 0 aromatic carbocycles. The fourth-order valence-electron chi connectivity index (χ4n) is 0.186. The van der Waals surface area contributed by atoms with Gasteiger partial charge in [0.1, 0.15) is 0 Å². The normalized spacial score (nSPS) is 22.4. The van der Waals surface area contributed by atoms with Gasteiger partial charge >= 0.3 is 36.8 Å². The first-order valence-corrected chi connectivity index (χ1v) is 3.61. The Kier molecular flexibility index (Phi) is 0.898. The molecule has 25 valence electrons. The predicted molar refractivity (Wildman–Crippen MR) is 23.7 cm³/mol. The van der Waals surface area contributed by atoms with E-state index in [2.05, 4.69) is 14.9 Å². The summed E-state index contributed by atoms with van der Waals surface area (Å²) in [6.07, 6.45) is 1.81. The van der Waals surface area contributed by atoms with Gasteiger partial charge in [0.15, 0.2) is 0 Å². The average Bonchev–Trinajstić information content (AvgIpc) is 1.76. The van der Waals surface area contributed by atoms with Crippen molar-refractivity contribution in [2.24, 2.45) is 4.99 Å². The maximum atomic E-state index is 3.71. The van der Waals surface area contributed by atoms with E-state index < -0.39 is 0 Å². The Morgan fingerprint density at radius 1 is 1.80 bits per heavy atom. The van der Waals surface area contributed by atoms with E-state index in [1.54, 1.807) is 6.20 Å². The van der Waals surface area contributed by atoms with Gasteiger partial charge in [0.25, 0.3) is 0 Å². The molecule has 0 saturated heterocycles. The summed E-state index contributed by atoms with van der Waals surface area (Å²) in [4.78, 5) is 5.79. The second-order valence-electron chi connectivity index (χ2n) is 0.701. The molecule has 0 aromatic heterocycles. The van der Waals surface area contributed by atoms with Gasteiger partial charge in [-0.2, -0.15) is 0 Å². The fourth-order valence-corrected chi connectivity index (χ4v) is 0.968. The van der Waals surface area contributed by atoms with Crippen molar-refractivity contribution < 1.29 is 0 Å². The van der Waals surface area contributed by atoms with Gasteiger partial charge in [0.05, 0.1) is 0 Å². The van der Waals surface area contributed by atoms with Crippen molar-refractivity contribution in [3.05, 3.63) is 11.1 Å². The zero-order valence-corrected chi connectivity index (χ0v) is 4.70. The molecule has 1 unspecified atom stereocenters. The first kappa shape index (κ1) is 3.17. The van der Waals surface area contributed by atoms with Crippen LogP contribution in [0.4, 0.5) is 0 Å². The van der Waals surface area contributed by atoms with Crippen molar-refractivity contribution in [2.75, 3.05) is 0 Å². The van der Waals surface area contributed by atoms with Crippen LogP contribution in [0.1, 0.15) is 0 Å². The molecule has 0 amide bonds. The standard InChI is InChI=1S/C3H3AsN/c1-2-5-3-4-1/h1-2,4H. The second-order valence-corrected chi connectivity index (χ2v) is 2.48. The molecule has 1 nitrogen and oxygen atoms in total. The summed E-state index contributed by atoms with van der Waals surface area (Å²) >= 11 is 0.0417. The van der Waals surface area contributed by atoms with Gasteiger partial charge in [-0.05, 0) is 0 Å². The van der Waals surface area contributed by atoms with Crippen molar-refractivity contribution in [1.29, 1.82) is 0 Å². The molecule has 0 fully saturated rings. The van der Waals surface area contributed by atoms with E-state index in [0.29, 0.717) is 0 Å². The predicted octanol–water partition coefficient (Wildman–Crippen LogP) is -0.187. The van der Waals surface area contributed by atoms with Gasteiger partial charge in [0.2, 0.25) is 0 Å². The summed E-state index contributed by atoms with van der Waals surface area (Å²) in [5.41, 5.74) is 0. The fraction of sp³-hybridized carbons (Fsp3) is 0. The van der Waals surface area contributed by atoms with Crippen LogP contribution in [0.25, 0.3) is 0 Å². The summed E-state index contributed by atoms with van der Waals surface area (Å²) in [7, 11) is 0. The van der Waals surface area contributed by atoms with Gasteiger partial charge in [-0.1, -0.05) is 0 Å². The Bertz CT molecular complexity index is 65.0. The topological polar surface area (TPSA) is 12.4 Å². The zero-order valence-electron chi connectivity index (χ0n) is 2.60. The summed E-state index contributed by atoms with van der Waals surface area (Å²) in [6.45, 7) is 0. The van der Waals surface area contributed by atoms with Crippen molar-refractivity contribution >= 4 is 20.8 Å². The van der Waals surface area contributed by atoms with Crippen molar-refractivity contribution in [2.45, 2.75) is 0 Å². The van der Waals surface area contributed by atoms with E-state index in [4.69, 9.17) is 0 Å². The van der Waals surface area contributed by atoms with Crippen LogP contribution < -0.4 is 0 Å². The summed E-state index contributed by atoms with van der Waals surface area (Å²) in [6, 6.07) is 0. The molecule has 1 radical (unpaired) electrons. The first-order valence-electron chi connectivity index (χ1n) is 1.35. The van der Waals surface area contributed by atoms with Crippen LogP contribution in [0.15, 0.2) is 16.1 Å².